The van der Waals surface area contributed by atoms with Crippen LogP contribution in [0.4, 0.5) is 5.69 Å². The van der Waals surface area contributed by atoms with Gasteiger partial charge in [-0.2, -0.15) is 0 Å². The van der Waals surface area contributed by atoms with Gasteiger partial charge in [-0.15, -0.1) is 0 Å². The van der Waals surface area contributed by atoms with Crippen molar-refractivity contribution in [3.05, 3.63) is 84.2 Å². The number of amides is 1. The number of hydrogen-bond acceptors (Lipinski definition) is 2. The molecule has 0 saturated heterocycles. The zero-order chi connectivity index (χ0) is 17.2. The number of H-pyrrole nitrogens is 1. The van der Waals surface area contributed by atoms with E-state index in [0.29, 0.717) is 5.56 Å². The highest BCUT2D eigenvalue weighted by Crippen LogP contribution is 2.29. The van der Waals surface area contributed by atoms with Gasteiger partial charge in [0.1, 0.15) is 0 Å². The fourth-order valence-electron chi connectivity index (χ4n) is 2.89. The summed E-state index contributed by atoms with van der Waals surface area (Å²) in [5.41, 5.74) is 6.32. The second-order valence-electron chi connectivity index (χ2n) is 6.00. The van der Waals surface area contributed by atoms with E-state index in [0.717, 1.165) is 33.4 Å². The third kappa shape index (κ3) is 3.02. The maximum absolute atomic E-state index is 12.7. The molecule has 0 saturated carbocycles. The first kappa shape index (κ1) is 15.1. The largest absolute Gasteiger partial charge is 0.345 e. The number of nitrogens with one attached hydrogen (secondary N) is 2. The summed E-state index contributed by atoms with van der Waals surface area (Å²) in [6.07, 6.45) is 1.62. The van der Waals surface area contributed by atoms with E-state index < -0.39 is 0 Å². The second-order valence-corrected chi connectivity index (χ2v) is 6.00. The Labute approximate surface area is 145 Å². The first-order valence-electron chi connectivity index (χ1n) is 8.11. The minimum Gasteiger partial charge on any atom is -0.345 e. The fourth-order valence-corrected chi connectivity index (χ4v) is 2.89. The summed E-state index contributed by atoms with van der Waals surface area (Å²) < 4.78 is 0. The molecule has 3 aromatic carbocycles. The highest BCUT2D eigenvalue weighted by molar-refractivity contribution is 6.07. The van der Waals surface area contributed by atoms with E-state index in [-0.39, 0.29) is 5.91 Å². The highest BCUT2D eigenvalue weighted by Gasteiger charge is 2.12. The second kappa shape index (κ2) is 6.24. The normalized spacial score (nSPS) is 10.8. The molecule has 122 valence electrons. The molecule has 25 heavy (non-hydrogen) atoms. The van der Waals surface area contributed by atoms with Crippen molar-refractivity contribution in [2.24, 2.45) is 0 Å². The van der Waals surface area contributed by atoms with Crippen LogP contribution in [0, 0.1) is 6.92 Å². The van der Waals surface area contributed by atoms with Gasteiger partial charge in [-0.3, -0.25) is 4.79 Å². The van der Waals surface area contributed by atoms with Crippen LogP contribution >= 0.6 is 0 Å². The fraction of sp³-hybridized carbons (Fsp3) is 0.0476. The zero-order valence-corrected chi connectivity index (χ0v) is 13.8. The Morgan fingerprint density at radius 1 is 1.00 bits per heavy atom. The van der Waals surface area contributed by atoms with Gasteiger partial charge in [0.2, 0.25) is 0 Å². The molecule has 4 heteroatoms. The number of aromatic nitrogens is 2. The molecule has 4 nitrogen and oxygen atoms in total. The van der Waals surface area contributed by atoms with Crippen LogP contribution in [0.15, 0.2) is 73.1 Å². The molecule has 0 aliphatic carbocycles. The Morgan fingerprint density at radius 2 is 1.84 bits per heavy atom. The number of carbonyl (C=O) groups is 1. The average molecular weight is 327 g/mol. The summed E-state index contributed by atoms with van der Waals surface area (Å²) in [6, 6.07) is 21.5. The SMILES string of the molecule is Cc1ccc(NC(=O)c2ccc3nc[nH]c3c2)c(-c2ccccc2)c1. The van der Waals surface area contributed by atoms with Crippen molar-refractivity contribution in [2.75, 3.05) is 5.32 Å². The Morgan fingerprint density at radius 3 is 2.68 bits per heavy atom. The third-order valence-electron chi connectivity index (χ3n) is 4.19. The molecule has 2 N–H and O–H groups in total. The van der Waals surface area contributed by atoms with Crippen molar-refractivity contribution in [3.63, 3.8) is 0 Å². The number of fused-ring (bicyclic) bond motifs is 1. The van der Waals surface area contributed by atoms with Crippen molar-refractivity contribution in [1.29, 1.82) is 0 Å². The summed E-state index contributed by atoms with van der Waals surface area (Å²) in [6.45, 7) is 2.05. The highest BCUT2D eigenvalue weighted by atomic mass is 16.1. The Hall–Kier alpha value is -3.40. The van der Waals surface area contributed by atoms with Gasteiger partial charge >= 0.3 is 0 Å². The third-order valence-corrected chi connectivity index (χ3v) is 4.19. The van der Waals surface area contributed by atoms with E-state index in [4.69, 9.17) is 0 Å². The van der Waals surface area contributed by atoms with E-state index >= 15 is 0 Å². The van der Waals surface area contributed by atoms with Crippen LogP contribution in [0.3, 0.4) is 0 Å². The van der Waals surface area contributed by atoms with E-state index in [2.05, 4.69) is 21.4 Å². The summed E-state index contributed by atoms with van der Waals surface area (Å²) in [5, 5.41) is 3.04. The molecule has 0 unspecified atom stereocenters. The van der Waals surface area contributed by atoms with Gasteiger partial charge in [-0.1, -0.05) is 42.0 Å². The van der Waals surface area contributed by atoms with E-state index in [1.165, 1.54) is 0 Å². The molecule has 0 bridgehead atoms. The maximum Gasteiger partial charge on any atom is 0.255 e. The molecule has 1 amide bonds. The van der Waals surface area contributed by atoms with Gasteiger partial charge in [0, 0.05) is 16.8 Å². The number of aromatic amines is 1. The lowest BCUT2D eigenvalue weighted by Gasteiger charge is -2.12. The molecule has 0 atom stereocenters. The smallest absolute Gasteiger partial charge is 0.255 e. The maximum atomic E-state index is 12.7. The number of imidazole rings is 1. The lowest BCUT2D eigenvalue weighted by molar-refractivity contribution is 0.102. The van der Waals surface area contributed by atoms with Crippen molar-refractivity contribution in [3.8, 4) is 11.1 Å². The monoisotopic (exact) mass is 327 g/mol. The van der Waals surface area contributed by atoms with Gasteiger partial charge in [0.05, 0.1) is 17.4 Å². The van der Waals surface area contributed by atoms with Crippen LogP contribution in [0.2, 0.25) is 0 Å². The zero-order valence-electron chi connectivity index (χ0n) is 13.8. The topological polar surface area (TPSA) is 57.8 Å². The van der Waals surface area contributed by atoms with Gasteiger partial charge in [-0.05, 0) is 42.8 Å². The van der Waals surface area contributed by atoms with Crippen molar-refractivity contribution >= 4 is 22.6 Å². The number of aryl methyl sites for hydroxylation is 1. The molecule has 1 aromatic heterocycles. The van der Waals surface area contributed by atoms with E-state index in [9.17, 15) is 4.79 Å². The Bertz CT molecular complexity index is 1050. The summed E-state index contributed by atoms with van der Waals surface area (Å²) >= 11 is 0. The molecule has 0 aliphatic rings. The minimum atomic E-state index is -0.141. The molecular weight excluding hydrogens is 310 g/mol. The number of anilines is 1. The van der Waals surface area contributed by atoms with Crippen molar-refractivity contribution < 1.29 is 4.79 Å². The van der Waals surface area contributed by atoms with Crippen LogP contribution in [-0.2, 0) is 0 Å². The lowest BCUT2D eigenvalue weighted by atomic mass is 10.0. The number of benzene rings is 3. The quantitative estimate of drug-likeness (QED) is 0.568. The van der Waals surface area contributed by atoms with Crippen LogP contribution in [0.25, 0.3) is 22.2 Å². The molecule has 4 rings (SSSR count). The van der Waals surface area contributed by atoms with Gasteiger partial charge in [-0.25, -0.2) is 4.98 Å². The molecular formula is C21H17N3O. The predicted octanol–water partition coefficient (Wildman–Crippen LogP) is 4.79. The lowest BCUT2D eigenvalue weighted by Crippen LogP contribution is -2.12. The summed E-state index contributed by atoms with van der Waals surface area (Å²) in [4.78, 5) is 19.9. The molecule has 1 heterocycles. The van der Waals surface area contributed by atoms with E-state index in [1.54, 1.807) is 12.4 Å². The molecule has 0 aliphatic heterocycles. The Kier molecular flexibility index (Phi) is 3.78. The van der Waals surface area contributed by atoms with E-state index in [1.807, 2.05) is 61.5 Å². The number of hydrogen-bond donors (Lipinski definition) is 2. The first-order valence-corrected chi connectivity index (χ1v) is 8.11. The van der Waals surface area contributed by atoms with Crippen molar-refractivity contribution in [2.45, 2.75) is 6.92 Å². The predicted molar refractivity (Wildman–Crippen MR) is 101 cm³/mol. The molecule has 0 fully saturated rings. The van der Waals surface area contributed by atoms with Crippen LogP contribution < -0.4 is 5.32 Å². The minimum absolute atomic E-state index is 0.141. The summed E-state index contributed by atoms with van der Waals surface area (Å²) in [5.74, 6) is -0.141. The number of nitrogens with zero attached hydrogens (tertiary/aromatic N) is 1. The van der Waals surface area contributed by atoms with Crippen LogP contribution in [0.5, 0.6) is 0 Å². The van der Waals surface area contributed by atoms with Crippen LogP contribution in [-0.4, -0.2) is 15.9 Å². The average Bonchev–Trinajstić information content (AvgIpc) is 3.11. The number of carbonyl (C=O) groups excluding carboxylic acids is 1. The first-order chi connectivity index (χ1) is 12.2. The Balaban J connectivity index is 1.69. The van der Waals surface area contributed by atoms with Gasteiger partial charge in [0.15, 0.2) is 0 Å². The molecule has 0 spiro atoms. The van der Waals surface area contributed by atoms with Crippen LogP contribution in [0.1, 0.15) is 15.9 Å². The van der Waals surface area contributed by atoms with Gasteiger partial charge < -0.3 is 10.3 Å². The van der Waals surface area contributed by atoms with Gasteiger partial charge in [0.25, 0.3) is 5.91 Å². The number of rotatable bonds is 3. The molecule has 4 aromatic rings. The standard InChI is InChI=1S/C21H17N3O/c1-14-7-9-18(17(11-14)15-5-3-2-4-6-15)24-21(25)16-8-10-19-20(12-16)23-13-22-19/h2-13H,1H3,(H,22,23)(H,24,25). The molecule has 0 radical (unpaired) electrons. The van der Waals surface area contributed by atoms with Crippen molar-refractivity contribution in [1.82, 2.24) is 9.97 Å². The summed E-state index contributed by atoms with van der Waals surface area (Å²) in [7, 11) is 0.